The molecule has 4 heteroatoms. The van der Waals surface area contributed by atoms with Crippen molar-refractivity contribution in [2.24, 2.45) is 10.7 Å². The first-order valence-electron chi connectivity index (χ1n) is 5.91. The Bertz CT molecular complexity index is 399. The van der Waals surface area contributed by atoms with Crippen LogP contribution in [-0.2, 0) is 17.9 Å². The quantitative estimate of drug-likeness (QED) is 0.597. The maximum Gasteiger partial charge on any atom is 0.189 e. The van der Waals surface area contributed by atoms with Crippen LogP contribution in [0, 0.1) is 0 Å². The molecule has 1 saturated carbocycles. The summed E-state index contributed by atoms with van der Waals surface area (Å²) in [5.74, 6) is 0.546. The molecule has 4 nitrogen and oxygen atoms in total. The van der Waals surface area contributed by atoms with E-state index in [9.17, 15) is 0 Å². The molecule has 0 heterocycles. The van der Waals surface area contributed by atoms with Gasteiger partial charge in [-0.05, 0) is 24.0 Å². The number of guanidine groups is 1. The molecule has 0 radical (unpaired) electrons. The molecule has 1 aromatic rings. The number of nitrogens with one attached hydrogen (secondary N) is 1. The van der Waals surface area contributed by atoms with E-state index in [2.05, 4.69) is 16.4 Å². The third kappa shape index (κ3) is 4.07. The number of rotatable bonds is 5. The van der Waals surface area contributed by atoms with Gasteiger partial charge in [-0.15, -0.1) is 0 Å². The van der Waals surface area contributed by atoms with Crippen LogP contribution < -0.4 is 11.1 Å². The maximum absolute atomic E-state index is 5.77. The number of methoxy groups -OCH3 is 1. The molecule has 2 rings (SSSR count). The van der Waals surface area contributed by atoms with Gasteiger partial charge in [0, 0.05) is 13.2 Å². The summed E-state index contributed by atoms with van der Waals surface area (Å²) in [7, 11) is 1.70. The van der Waals surface area contributed by atoms with Gasteiger partial charge in [-0.2, -0.15) is 0 Å². The Hall–Kier alpha value is -1.55. The zero-order valence-electron chi connectivity index (χ0n) is 10.1. The molecular formula is C13H19N3O. The summed E-state index contributed by atoms with van der Waals surface area (Å²) in [5, 5.41) is 3.17. The van der Waals surface area contributed by atoms with Crippen LogP contribution in [0.5, 0.6) is 0 Å². The number of aliphatic imine (C=N–C) groups is 1. The highest BCUT2D eigenvalue weighted by molar-refractivity contribution is 5.78. The van der Waals surface area contributed by atoms with E-state index in [0.717, 1.165) is 11.1 Å². The number of benzene rings is 1. The van der Waals surface area contributed by atoms with Gasteiger partial charge in [0.05, 0.1) is 13.2 Å². The van der Waals surface area contributed by atoms with Crippen molar-refractivity contribution in [1.29, 1.82) is 0 Å². The van der Waals surface area contributed by atoms with Crippen molar-refractivity contribution in [3.8, 4) is 0 Å². The van der Waals surface area contributed by atoms with Gasteiger partial charge in [0.2, 0.25) is 0 Å². The average Bonchev–Trinajstić information content (AvgIpc) is 3.11. The second-order valence-corrected chi connectivity index (χ2v) is 4.37. The van der Waals surface area contributed by atoms with E-state index in [1.54, 1.807) is 7.11 Å². The van der Waals surface area contributed by atoms with Gasteiger partial charge in [0.1, 0.15) is 0 Å². The molecular weight excluding hydrogens is 214 g/mol. The normalized spacial score (nSPS) is 15.9. The smallest absolute Gasteiger partial charge is 0.189 e. The molecule has 0 aromatic heterocycles. The van der Waals surface area contributed by atoms with Crippen LogP contribution in [0.4, 0.5) is 0 Å². The fraction of sp³-hybridized carbons (Fsp3) is 0.462. The molecule has 0 atom stereocenters. The van der Waals surface area contributed by atoms with Crippen molar-refractivity contribution in [3.63, 3.8) is 0 Å². The molecule has 0 unspecified atom stereocenters. The number of ether oxygens (including phenoxy) is 1. The highest BCUT2D eigenvalue weighted by Gasteiger charge is 2.21. The van der Waals surface area contributed by atoms with Gasteiger partial charge in [0.15, 0.2) is 5.96 Å². The van der Waals surface area contributed by atoms with Gasteiger partial charge in [-0.25, -0.2) is 4.99 Å². The SMILES string of the molecule is COCc1cccc(CN=C(N)NC2CC2)c1. The topological polar surface area (TPSA) is 59.6 Å². The van der Waals surface area contributed by atoms with Crippen molar-refractivity contribution in [1.82, 2.24) is 5.32 Å². The number of nitrogens with zero attached hydrogens (tertiary/aromatic N) is 1. The lowest BCUT2D eigenvalue weighted by Crippen LogP contribution is -2.33. The van der Waals surface area contributed by atoms with Crippen LogP contribution in [0.1, 0.15) is 24.0 Å². The fourth-order valence-corrected chi connectivity index (χ4v) is 1.64. The van der Waals surface area contributed by atoms with Crippen LogP contribution >= 0.6 is 0 Å². The van der Waals surface area contributed by atoms with Gasteiger partial charge >= 0.3 is 0 Å². The number of nitrogens with two attached hydrogens (primary N) is 1. The van der Waals surface area contributed by atoms with E-state index in [4.69, 9.17) is 10.5 Å². The summed E-state index contributed by atoms with van der Waals surface area (Å²) < 4.78 is 5.10. The zero-order chi connectivity index (χ0) is 12.1. The van der Waals surface area contributed by atoms with Gasteiger partial charge in [0.25, 0.3) is 0 Å². The minimum atomic E-state index is 0.546. The first kappa shape index (κ1) is 11.9. The Kier molecular flexibility index (Phi) is 3.98. The second-order valence-electron chi connectivity index (χ2n) is 4.37. The van der Waals surface area contributed by atoms with Crippen LogP contribution in [0.3, 0.4) is 0 Å². The molecule has 0 saturated heterocycles. The first-order valence-corrected chi connectivity index (χ1v) is 5.91. The summed E-state index contributed by atoms with van der Waals surface area (Å²) in [6, 6.07) is 8.76. The van der Waals surface area contributed by atoms with Crippen molar-refractivity contribution >= 4 is 5.96 Å². The predicted molar refractivity (Wildman–Crippen MR) is 68.6 cm³/mol. The van der Waals surface area contributed by atoms with Gasteiger partial charge < -0.3 is 15.8 Å². The molecule has 0 aliphatic heterocycles. The third-order valence-corrected chi connectivity index (χ3v) is 2.66. The van der Waals surface area contributed by atoms with Crippen molar-refractivity contribution in [3.05, 3.63) is 35.4 Å². The summed E-state index contributed by atoms with van der Waals surface area (Å²) in [6.07, 6.45) is 2.42. The predicted octanol–water partition coefficient (Wildman–Crippen LogP) is 1.40. The molecule has 0 amide bonds. The zero-order valence-corrected chi connectivity index (χ0v) is 10.1. The minimum Gasteiger partial charge on any atom is -0.380 e. The summed E-state index contributed by atoms with van der Waals surface area (Å²) in [6.45, 7) is 1.25. The minimum absolute atomic E-state index is 0.546. The molecule has 1 aliphatic rings. The molecule has 17 heavy (non-hydrogen) atoms. The number of hydrogen-bond acceptors (Lipinski definition) is 2. The fourth-order valence-electron chi connectivity index (χ4n) is 1.64. The summed E-state index contributed by atoms with van der Waals surface area (Å²) in [4.78, 5) is 4.32. The highest BCUT2D eigenvalue weighted by atomic mass is 16.5. The van der Waals surface area contributed by atoms with Gasteiger partial charge in [-0.3, -0.25) is 0 Å². The maximum atomic E-state index is 5.77. The van der Waals surface area contributed by atoms with E-state index >= 15 is 0 Å². The molecule has 3 N–H and O–H groups in total. The third-order valence-electron chi connectivity index (χ3n) is 2.66. The monoisotopic (exact) mass is 233 g/mol. The Balaban J connectivity index is 1.90. The van der Waals surface area contributed by atoms with Crippen molar-refractivity contribution in [2.45, 2.75) is 32.0 Å². The van der Waals surface area contributed by atoms with Crippen LogP contribution in [0.2, 0.25) is 0 Å². The van der Waals surface area contributed by atoms with Crippen molar-refractivity contribution < 1.29 is 4.74 Å². The Morgan fingerprint density at radius 2 is 2.24 bits per heavy atom. The molecule has 1 aliphatic carbocycles. The lowest BCUT2D eigenvalue weighted by Gasteiger charge is -2.05. The Labute approximate surface area is 102 Å². The first-order chi connectivity index (χ1) is 8.28. The molecule has 1 fully saturated rings. The molecule has 0 bridgehead atoms. The molecule has 92 valence electrons. The number of hydrogen-bond donors (Lipinski definition) is 2. The molecule has 1 aromatic carbocycles. The van der Waals surface area contributed by atoms with E-state index in [0.29, 0.717) is 25.2 Å². The van der Waals surface area contributed by atoms with E-state index < -0.39 is 0 Å². The highest BCUT2D eigenvalue weighted by Crippen LogP contribution is 2.18. The largest absolute Gasteiger partial charge is 0.380 e. The van der Waals surface area contributed by atoms with E-state index in [1.807, 2.05) is 18.2 Å². The van der Waals surface area contributed by atoms with E-state index in [1.165, 1.54) is 12.8 Å². The lowest BCUT2D eigenvalue weighted by molar-refractivity contribution is 0.185. The van der Waals surface area contributed by atoms with Crippen LogP contribution in [-0.4, -0.2) is 19.1 Å². The van der Waals surface area contributed by atoms with Crippen LogP contribution in [0.15, 0.2) is 29.3 Å². The summed E-state index contributed by atoms with van der Waals surface area (Å²) in [5.41, 5.74) is 8.09. The van der Waals surface area contributed by atoms with Crippen LogP contribution in [0.25, 0.3) is 0 Å². The second kappa shape index (κ2) is 5.68. The van der Waals surface area contributed by atoms with Gasteiger partial charge in [-0.1, -0.05) is 24.3 Å². The lowest BCUT2D eigenvalue weighted by atomic mass is 10.1. The Morgan fingerprint density at radius 3 is 2.94 bits per heavy atom. The Morgan fingerprint density at radius 1 is 1.47 bits per heavy atom. The van der Waals surface area contributed by atoms with E-state index in [-0.39, 0.29) is 0 Å². The standard InChI is InChI=1S/C13H19N3O/c1-17-9-11-4-2-3-10(7-11)8-15-13(14)16-12-5-6-12/h2-4,7,12H,5-6,8-9H2,1H3,(H3,14,15,16). The molecule has 0 spiro atoms. The average molecular weight is 233 g/mol. The summed E-state index contributed by atoms with van der Waals surface area (Å²) >= 11 is 0. The van der Waals surface area contributed by atoms with Crippen molar-refractivity contribution in [2.75, 3.05) is 7.11 Å².